The van der Waals surface area contributed by atoms with Crippen molar-refractivity contribution in [2.45, 2.75) is 44.7 Å². The van der Waals surface area contributed by atoms with E-state index in [4.69, 9.17) is 19.7 Å². The van der Waals surface area contributed by atoms with Crippen LogP contribution in [0, 0.1) is 0 Å². The third-order valence-corrected chi connectivity index (χ3v) is 4.34. The first-order chi connectivity index (χ1) is 12.4. The summed E-state index contributed by atoms with van der Waals surface area (Å²) < 4.78 is 16.3. The fourth-order valence-corrected chi connectivity index (χ4v) is 2.75. The molecule has 0 saturated heterocycles. The molecule has 1 heterocycles. The average Bonchev–Trinajstić information content (AvgIpc) is 3.07. The molecule has 0 radical (unpaired) electrons. The molecular weight excluding hydrogens is 372 g/mol. The molecule has 148 valence electrons. The van der Waals surface area contributed by atoms with Crippen LogP contribution in [0.3, 0.4) is 0 Å². The van der Waals surface area contributed by atoms with Crippen molar-refractivity contribution in [1.29, 1.82) is 0 Å². The van der Waals surface area contributed by atoms with E-state index in [0.29, 0.717) is 28.8 Å². The fraction of sp³-hybridized carbons (Fsp3) is 0.500. The molecule has 1 fully saturated rings. The Morgan fingerprint density at radius 1 is 1.37 bits per heavy atom. The topological polar surface area (TPSA) is 112 Å². The molecule has 0 atom stereocenters. The van der Waals surface area contributed by atoms with Gasteiger partial charge in [0.15, 0.2) is 23.9 Å². The molecule has 1 aliphatic rings. The first-order valence-corrected chi connectivity index (χ1v) is 8.65. The highest BCUT2D eigenvalue weighted by atomic mass is 35.5. The SMILES string of the molecule is COc1cc(-c2nc(C3(N)CCC3)no2)ccc1OCC(=O)NC(C)C.Cl. The minimum Gasteiger partial charge on any atom is -0.493 e. The number of rotatable bonds is 7. The van der Waals surface area contributed by atoms with Crippen molar-refractivity contribution in [3.05, 3.63) is 24.0 Å². The number of methoxy groups -OCH3 is 1. The summed E-state index contributed by atoms with van der Waals surface area (Å²) in [5.74, 6) is 1.65. The first-order valence-electron chi connectivity index (χ1n) is 8.65. The number of hydrogen-bond acceptors (Lipinski definition) is 7. The lowest BCUT2D eigenvalue weighted by molar-refractivity contribution is -0.123. The van der Waals surface area contributed by atoms with E-state index in [2.05, 4.69) is 15.5 Å². The van der Waals surface area contributed by atoms with Crippen LogP contribution in [0.4, 0.5) is 0 Å². The summed E-state index contributed by atoms with van der Waals surface area (Å²) in [5, 5.41) is 6.78. The molecular formula is C18H25ClN4O4. The van der Waals surface area contributed by atoms with Crippen LogP contribution in [-0.2, 0) is 10.3 Å². The van der Waals surface area contributed by atoms with Crippen molar-refractivity contribution in [3.63, 3.8) is 0 Å². The van der Waals surface area contributed by atoms with Gasteiger partial charge in [0.25, 0.3) is 11.8 Å². The predicted octanol–water partition coefficient (Wildman–Crippen LogP) is 2.41. The zero-order valence-electron chi connectivity index (χ0n) is 15.7. The van der Waals surface area contributed by atoms with E-state index >= 15 is 0 Å². The number of carbonyl (C=O) groups excluding carboxylic acids is 1. The fourth-order valence-electron chi connectivity index (χ4n) is 2.75. The molecule has 0 aliphatic heterocycles. The molecule has 1 amide bonds. The lowest BCUT2D eigenvalue weighted by Gasteiger charge is -2.34. The van der Waals surface area contributed by atoms with Crippen molar-refractivity contribution in [1.82, 2.24) is 15.5 Å². The minimum atomic E-state index is -0.474. The van der Waals surface area contributed by atoms with Gasteiger partial charge in [0.1, 0.15) is 0 Å². The standard InChI is InChI=1S/C18H24N4O4.ClH/c1-11(2)20-15(23)10-25-13-6-5-12(9-14(13)24-3)16-21-17(22-26-16)18(19)7-4-8-18;/h5-6,9,11H,4,7-8,10,19H2,1-3H3,(H,20,23);1H. The zero-order valence-corrected chi connectivity index (χ0v) is 16.5. The molecule has 0 spiro atoms. The van der Waals surface area contributed by atoms with E-state index in [0.717, 1.165) is 19.3 Å². The molecule has 1 aliphatic carbocycles. The summed E-state index contributed by atoms with van der Waals surface area (Å²) in [6, 6.07) is 5.28. The van der Waals surface area contributed by atoms with Gasteiger partial charge >= 0.3 is 0 Å². The van der Waals surface area contributed by atoms with Crippen LogP contribution in [0.25, 0.3) is 11.5 Å². The lowest BCUT2D eigenvalue weighted by Crippen LogP contribution is -2.44. The van der Waals surface area contributed by atoms with Gasteiger partial charge < -0.3 is 25.0 Å². The van der Waals surface area contributed by atoms with Crippen LogP contribution in [0.15, 0.2) is 22.7 Å². The zero-order chi connectivity index (χ0) is 18.7. The summed E-state index contributed by atoms with van der Waals surface area (Å²) in [7, 11) is 1.53. The third-order valence-electron chi connectivity index (χ3n) is 4.34. The van der Waals surface area contributed by atoms with Crippen molar-refractivity contribution in [3.8, 4) is 23.0 Å². The smallest absolute Gasteiger partial charge is 0.258 e. The molecule has 3 rings (SSSR count). The highest BCUT2D eigenvalue weighted by Crippen LogP contribution is 2.38. The van der Waals surface area contributed by atoms with Crippen LogP contribution in [0.1, 0.15) is 38.9 Å². The number of ether oxygens (including phenoxy) is 2. The monoisotopic (exact) mass is 396 g/mol. The Hall–Kier alpha value is -2.32. The molecule has 1 aromatic heterocycles. The molecule has 0 bridgehead atoms. The van der Waals surface area contributed by atoms with E-state index in [1.165, 1.54) is 7.11 Å². The van der Waals surface area contributed by atoms with Crippen LogP contribution >= 0.6 is 12.4 Å². The summed E-state index contributed by atoms with van der Waals surface area (Å²) in [6.45, 7) is 3.69. The summed E-state index contributed by atoms with van der Waals surface area (Å²) in [6.07, 6.45) is 2.80. The van der Waals surface area contributed by atoms with E-state index in [1.807, 2.05) is 13.8 Å². The van der Waals surface area contributed by atoms with Crippen molar-refractivity contribution < 1.29 is 18.8 Å². The maximum atomic E-state index is 11.7. The number of nitrogens with one attached hydrogen (secondary N) is 1. The van der Waals surface area contributed by atoms with E-state index < -0.39 is 5.54 Å². The largest absolute Gasteiger partial charge is 0.493 e. The summed E-state index contributed by atoms with van der Waals surface area (Å²) >= 11 is 0. The van der Waals surface area contributed by atoms with Crippen molar-refractivity contribution in [2.24, 2.45) is 5.73 Å². The number of amides is 1. The molecule has 8 nitrogen and oxygen atoms in total. The van der Waals surface area contributed by atoms with Gasteiger partial charge in [-0.05, 0) is 51.3 Å². The van der Waals surface area contributed by atoms with Crippen molar-refractivity contribution >= 4 is 18.3 Å². The number of benzene rings is 1. The molecule has 1 saturated carbocycles. The Labute approximate surface area is 164 Å². The minimum absolute atomic E-state index is 0. The molecule has 1 aromatic carbocycles. The van der Waals surface area contributed by atoms with Crippen LogP contribution in [-0.4, -0.2) is 35.8 Å². The Morgan fingerprint density at radius 2 is 2.11 bits per heavy atom. The second kappa shape index (κ2) is 8.58. The number of hydrogen-bond donors (Lipinski definition) is 2. The summed E-state index contributed by atoms with van der Waals surface area (Å²) in [5.41, 5.74) is 6.45. The molecule has 2 aromatic rings. The highest BCUT2D eigenvalue weighted by molar-refractivity contribution is 5.85. The Balaban J connectivity index is 0.00000261. The maximum absolute atomic E-state index is 11.7. The van der Waals surface area contributed by atoms with Crippen LogP contribution in [0.5, 0.6) is 11.5 Å². The average molecular weight is 397 g/mol. The number of nitrogens with two attached hydrogens (primary N) is 1. The van der Waals surface area contributed by atoms with Crippen LogP contribution < -0.4 is 20.5 Å². The second-order valence-corrected chi connectivity index (χ2v) is 6.81. The molecule has 3 N–H and O–H groups in total. The normalized spacial score (nSPS) is 14.9. The Morgan fingerprint density at radius 3 is 2.70 bits per heavy atom. The van der Waals surface area contributed by atoms with Gasteiger partial charge in [-0.15, -0.1) is 12.4 Å². The van der Waals surface area contributed by atoms with Gasteiger partial charge in [-0.3, -0.25) is 4.79 Å². The van der Waals surface area contributed by atoms with E-state index in [1.54, 1.807) is 18.2 Å². The Bertz CT molecular complexity index is 789. The third kappa shape index (κ3) is 4.70. The summed E-state index contributed by atoms with van der Waals surface area (Å²) in [4.78, 5) is 16.1. The quantitative estimate of drug-likeness (QED) is 0.738. The molecule has 9 heteroatoms. The van der Waals surface area contributed by atoms with Gasteiger partial charge in [-0.25, -0.2) is 0 Å². The highest BCUT2D eigenvalue weighted by Gasteiger charge is 2.39. The Kier molecular flexibility index (Phi) is 6.67. The second-order valence-electron chi connectivity index (χ2n) is 6.81. The molecule has 0 unspecified atom stereocenters. The van der Waals surface area contributed by atoms with E-state index in [9.17, 15) is 4.79 Å². The van der Waals surface area contributed by atoms with Gasteiger partial charge in [0, 0.05) is 11.6 Å². The number of carbonyl (C=O) groups is 1. The van der Waals surface area contributed by atoms with Gasteiger partial charge in [0.2, 0.25) is 0 Å². The predicted molar refractivity (Wildman–Crippen MR) is 102 cm³/mol. The lowest BCUT2D eigenvalue weighted by atomic mass is 9.77. The van der Waals surface area contributed by atoms with Gasteiger partial charge in [0.05, 0.1) is 12.6 Å². The van der Waals surface area contributed by atoms with Gasteiger partial charge in [-0.2, -0.15) is 4.98 Å². The first kappa shape index (κ1) is 21.0. The van der Waals surface area contributed by atoms with Gasteiger partial charge in [-0.1, -0.05) is 5.16 Å². The van der Waals surface area contributed by atoms with Crippen molar-refractivity contribution in [2.75, 3.05) is 13.7 Å². The van der Waals surface area contributed by atoms with E-state index in [-0.39, 0.29) is 31.0 Å². The van der Waals surface area contributed by atoms with Crippen LogP contribution in [0.2, 0.25) is 0 Å². The number of aromatic nitrogens is 2. The maximum Gasteiger partial charge on any atom is 0.258 e. The number of halogens is 1. The number of nitrogens with zero attached hydrogens (tertiary/aromatic N) is 2. The molecule has 27 heavy (non-hydrogen) atoms.